The Morgan fingerprint density at radius 2 is 1.24 bits per heavy atom. The summed E-state index contributed by atoms with van der Waals surface area (Å²) >= 11 is 4.08. The second-order valence-corrected chi connectivity index (χ2v) is 6.17. The first-order valence-corrected chi connectivity index (χ1v) is 7.49. The molecule has 0 saturated heterocycles. The Labute approximate surface area is 111 Å². The van der Waals surface area contributed by atoms with Crippen molar-refractivity contribution >= 4 is 32.4 Å². The molecule has 0 N–H and O–H groups in total. The molecule has 0 aliphatic heterocycles. The first kappa shape index (κ1) is 14.1. The van der Waals surface area contributed by atoms with Crippen molar-refractivity contribution in [3.8, 4) is 0 Å². The molecule has 0 bridgehead atoms. The number of rotatable bonds is 1. The van der Waals surface area contributed by atoms with Crippen molar-refractivity contribution in [2.24, 2.45) is 0 Å². The molecule has 0 heterocycles. The molecule has 5 heteroatoms. The predicted molar refractivity (Wildman–Crippen MR) is 73.2 cm³/mol. The second-order valence-electron chi connectivity index (χ2n) is 3.09. The van der Waals surface area contributed by atoms with Crippen molar-refractivity contribution in [2.75, 3.05) is 0 Å². The Bertz CT molecular complexity index is 539. The van der Waals surface area contributed by atoms with Crippen LogP contribution in [0.1, 0.15) is 0 Å². The van der Waals surface area contributed by atoms with Crippen LogP contribution in [-0.2, 0) is 9.05 Å². The first-order valence-electron chi connectivity index (χ1n) is 4.74. The van der Waals surface area contributed by atoms with Gasteiger partial charge in [-0.15, -0.1) is 12.6 Å². The van der Waals surface area contributed by atoms with Gasteiger partial charge in [-0.05, 0) is 24.3 Å². The van der Waals surface area contributed by atoms with Crippen molar-refractivity contribution in [1.29, 1.82) is 0 Å². The summed E-state index contributed by atoms with van der Waals surface area (Å²) in [5.41, 5.74) is 0. The van der Waals surface area contributed by atoms with Crippen LogP contribution in [0, 0.1) is 0 Å². The molecule has 0 aromatic heterocycles. The van der Waals surface area contributed by atoms with Crippen LogP contribution in [0.5, 0.6) is 0 Å². The van der Waals surface area contributed by atoms with Gasteiger partial charge in [0.05, 0.1) is 4.90 Å². The lowest BCUT2D eigenvalue weighted by atomic mass is 10.4. The number of halogens is 1. The van der Waals surface area contributed by atoms with Crippen LogP contribution in [0.25, 0.3) is 0 Å². The van der Waals surface area contributed by atoms with E-state index in [0.717, 1.165) is 4.90 Å². The first-order chi connectivity index (χ1) is 8.00. The normalized spacial score (nSPS) is 10.2. The highest BCUT2D eigenvalue weighted by molar-refractivity contribution is 8.13. The van der Waals surface area contributed by atoms with Crippen LogP contribution >= 0.6 is 23.3 Å². The molecular formula is C12H11ClO2S2. The fourth-order valence-electron chi connectivity index (χ4n) is 1.01. The Kier molecular flexibility index (Phi) is 5.55. The Balaban J connectivity index is 0.000000181. The van der Waals surface area contributed by atoms with Gasteiger partial charge in [-0.3, -0.25) is 0 Å². The molecule has 2 nitrogen and oxygen atoms in total. The summed E-state index contributed by atoms with van der Waals surface area (Å²) in [7, 11) is 1.50. The minimum atomic E-state index is -3.53. The van der Waals surface area contributed by atoms with E-state index >= 15 is 0 Å². The van der Waals surface area contributed by atoms with Gasteiger partial charge in [-0.25, -0.2) is 8.42 Å². The van der Waals surface area contributed by atoms with Gasteiger partial charge >= 0.3 is 0 Å². The van der Waals surface area contributed by atoms with Crippen LogP contribution in [0.15, 0.2) is 70.5 Å². The smallest absolute Gasteiger partial charge is 0.207 e. The van der Waals surface area contributed by atoms with Gasteiger partial charge in [-0.2, -0.15) is 0 Å². The molecule has 0 saturated carbocycles. The molecule has 2 rings (SSSR count). The van der Waals surface area contributed by atoms with Crippen molar-refractivity contribution in [3.05, 3.63) is 60.7 Å². The zero-order valence-corrected chi connectivity index (χ0v) is 11.3. The van der Waals surface area contributed by atoms with Gasteiger partial charge < -0.3 is 0 Å². The number of thiol groups is 1. The van der Waals surface area contributed by atoms with Gasteiger partial charge in [0.1, 0.15) is 0 Å². The topological polar surface area (TPSA) is 34.1 Å². The highest BCUT2D eigenvalue weighted by atomic mass is 35.7. The second kappa shape index (κ2) is 6.69. The quantitative estimate of drug-likeness (QED) is 0.642. The molecule has 0 atom stereocenters. The highest BCUT2D eigenvalue weighted by Gasteiger charge is 2.06. The molecular weight excluding hydrogens is 276 g/mol. The van der Waals surface area contributed by atoms with Gasteiger partial charge in [0, 0.05) is 15.6 Å². The number of benzene rings is 2. The summed E-state index contributed by atoms with van der Waals surface area (Å²) in [5.74, 6) is 0. The molecule has 0 spiro atoms. The third-order valence-corrected chi connectivity index (χ3v) is 3.45. The number of hydrogen-bond acceptors (Lipinski definition) is 3. The Hall–Kier alpha value is -0.970. The Morgan fingerprint density at radius 1 is 0.824 bits per heavy atom. The van der Waals surface area contributed by atoms with Gasteiger partial charge in [0.25, 0.3) is 9.05 Å². The average molecular weight is 287 g/mol. The van der Waals surface area contributed by atoms with Crippen LogP contribution in [-0.4, -0.2) is 8.42 Å². The SMILES string of the molecule is O=S(=O)(Cl)c1ccccc1.Sc1ccccc1. The van der Waals surface area contributed by atoms with Crippen molar-refractivity contribution in [2.45, 2.75) is 9.79 Å². The molecule has 17 heavy (non-hydrogen) atoms. The third-order valence-electron chi connectivity index (χ3n) is 1.78. The standard InChI is InChI=1S/C6H5ClO2S.C6H6S/c7-10(8,9)6-4-2-1-3-5-6;7-6-4-2-1-3-5-6/h1-5H;1-5,7H. The maximum absolute atomic E-state index is 10.6. The minimum Gasteiger partial charge on any atom is -0.207 e. The molecule has 2 aromatic rings. The summed E-state index contributed by atoms with van der Waals surface area (Å²) in [6.07, 6.45) is 0. The maximum atomic E-state index is 10.6. The average Bonchev–Trinajstić information content (AvgIpc) is 2.31. The van der Waals surface area contributed by atoms with E-state index in [4.69, 9.17) is 10.7 Å². The zero-order chi connectivity index (χ0) is 12.7. The van der Waals surface area contributed by atoms with Gasteiger partial charge in [0.15, 0.2) is 0 Å². The molecule has 0 amide bonds. The molecule has 0 fully saturated rings. The highest BCUT2D eigenvalue weighted by Crippen LogP contribution is 2.12. The van der Waals surface area contributed by atoms with E-state index in [1.807, 2.05) is 30.3 Å². The monoisotopic (exact) mass is 286 g/mol. The van der Waals surface area contributed by atoms with Gasteiger partial charge in [-0.1, -0.05) is 36.4 Å². The van der Waals surface area contributed by atoms with Crippen LogP contribution in [0.4, 0.5) is 0 Å². The molecule has 0 radical (unpaired) electrons. The van der Waals surface area contributed by atoms with E-state index in [1.54, 1.807) is 18.2 Å². The zero-order valence-electron chi connectivity index (χ0n) is 8.82. The van der Waals surface area contributed by atoms with Crippen molar-refractivity contribution in [1.82, 2.24) is 0 Å². The molecule has 0 aliphatic carbocycles. The summed E-state index contributed by atoms with van der Waals surface area (Å²) in [6.45, 7) is 0. The van der Waals surface area contributed by atoms with Gasteiger partial charge in [0.2, 0.25) is 0 Å². The lowest BCUT2D eigenvalue weighted by molar-refractivity contribution is 0.609. The van der Waals surface area contributed by atoms with Crippen LogP contribution < -0.4 is 0 Å². The third kappa shape index (κ3) is 5.77. The molecule has 90 valence electrons. The van der Waals surface area contributed by atoms with Crippen molar-refractivity contribution < 1.29 is 8.42 Å². The molecule has 0 aliphatic rings. The summed E-state index contributed by atoms with van der Waals surface area (Å²) in [4.78, 5) is 1.15. The fourth-order valence-corrected chi connectivity index (χ4v) is 1.97. The summed E-state index contributed by atoms with van der Waals surface area (Å²) in [6, 6.07) is 17.7. The van der Waals surface area contributed by atoms with E-state index < -0.39 is 9.05 Å². The van der Waals surface area contributed by atoms with E-state index in [-0.39, 0.29) is 4.90 Å². The predicted octanol–water partition coefficient (Wildman–Crippen LogP) is 3.59. The molecule has 2 aromatic carbocycles. The Morgan fingerprint density at radius 3 is 1.47 bits per heavy atom. The largest absolute Gasteiger partial charge is 0.261 e. The van der Waals surface area contributed by atoms with E-state index in [0.29, 0.717) is 0 Å². The van der Waals surface area contributed by atoms with E-state index in [2.05, 4.69) is 12.6 Å². The summed E-state index contributed by atoms with van der Waals surface area (Å²) in [5, 5.41) is 0. The van der Waals surface area contributed by atoms with Crippen molar-refractivity contribution in [3.63, 3.8) is 0 Å². The summed E-state index contributed by atoms with van der Waals surface area (Å²) < 4.78 is 21.2. The lowest BCUT2D eigenvalue weighted by Gasteiger charge is -1.91. The van der Waals surface area contributed by atoms with Crippen LogP contribution in [0.2, 0.25) is 0 Å². The minimum absolute atomic E-state index is 0.136. The lowest BCUT2D eigenvalue weighted by Crippen LogP contribution is -1.87. The molecule has 0 unspecified atom stereocenters. The maximum Gasteiger partial charge on any atom is 0.261 e. The van der Waals surface area contributed by atoms with E-state index in [1.165, 1.54) is 12.1 Å². The van der Waals surface area contributed by atoms with Crippen LogP contribution in [0.3, 0.4) is 0 Å². The van der Waals surface area contributed by atoms with E-state index in [9.17, 15) is 8.42 Å². The number of hydrogen-bond donors (Lipinski definition) is 1. The fraction of sp³-hybridized carbons (Fsp3) is 0.